The second-order valence-corrected chi connectivity index (χ2v) is 11.1. The molecule has 0 fully saturated rings. The first-order chi connectivity index (χ1) is 17.7. The number of nitrogens with zero attached hydrogens (tertiary/aromatic N) is 4. The van der Waals surface area contributed by atoms with Gasteiger partial charge in [-0.05, 0) is 48.9 Å². The summed E-state index contributed by atoms with van der Waals surface area (Å²) in [5, 5.41) is 0.583. The molecule has 2 rings (SSSR count). The third-order valence-corrected chi connectivity index (χ3v) is 7.51. The van der Waals surface area contributed by atoms with Crippen molar-refractivity contribution in [1.29, 1.82) is 0 Å². The molecule has 4 nitrogen and oxygen atoms in total. The quantitative estimate of drug-likeness (QED) is 0.111. The molecule has 2 heterocycles. The van der Waals surface area contributed by atoms with Crippen molar-refractivity contribution >= 4 is 34.2 Å². The molecule has 0 N–H and O–H groups in total. The highest BCUT2D eigenvalue weighted by Crippen LogP contribution is 2.24. The minimum atomic E-state index is 0.292. The van der Waals surface area contributed by atoms with Crippen LogP contribution in [0.15, 0.2) is 0 Å². The fourth-order valence-electron chi connectivity index (χ4n) is 4.98. The van der Waals surface area contributed by atoms with Crippen molar-refractivity contribution in [1.82, 2.24) is 19.9 Å². The number of rotatable bonds is 22. The van der Waals surface area contributed by atoms with Crippen LogP contribution in [0.4, 0.5) is 0 Å². The highest BCUT2D eigenvalue weighted by Gasteiger charge is 2.14. The van der Waals surface area contributed by atoms with E-state index in [0.29, 0.717) is 10.6 Å². The highest BCUT2D eigenvalue weighted by molar-refractivity contribution is 6.29. The van der Waals surface area contributed by atoms with Gasteiger partial charge in [0.05, 0.1) is 11.4 Å². The second-order valence-electron chi connectivity index (χ2n) is 10.4. The minimum Gasteiger partial charge on any atom is -0.221 e. The van der Waals surface area contributed by atoms with Gasteiger partial charge in [0.15, 0.2) is 0 Å². The molecule has 36 heavy (non-hydrogen) atoms. The molecule has 0 saturated carbocycles. The first kappa shape index (κ1) is 31.2. The molecule has 2 aromatic heterocycles. The monoisotopic (exact) mass is 536 g/mol. The van der Waals surface area contributed by atoms with E-state index in [0.717, 1.165) is 48.1 Å². The van der Waals surface area contributed by atoms with Crippen molar-refractivity contribution in [3.8, 4) is 0 Å². The van der Waals surface area contributed by atoms with Crippen LogP contribution in [-0.4, -0.2) is 19.9 Å². The van der Waals surface area contributed by atoms with Gasteiger partial charge in [-0.25, -0.2) is 19.9 Å². The van der Waals surface area contributed by atoms with Gasteiger partial charge >= 0.3 is 0 Å². The molecule has 0 aliphatic heterocycles. The molecule has 0 saturated heterocycles. The summed E-state index contributed by atoms with van der Waals surface area (Å²) in [5.74, 6) is 0. The first-order valence-electron chi connectivity index (χ1n) is 15.0. The summed E-state index contributed by atoms with van der Waals surface area (Å²) in [7, 11) is 0. The first-order valence-corrected chi connectivity index (χ1v) is 15.8. The van der Waals surface area contributed by atoms with Crippen molar-refractivity contribution in [2.24, 2.45) is 0 Å². The van der Waals surface area contributed by atoms with E-state index in [9.17, 15) is 0 Å². The SMILES string of the molecule is CCCCCCCCCCCCc1nc(Cl)nc2c(CCCCCCCCCCCC)nc(Cl)nc12. The van der Waals surface area contributed by atoms with Gasteiger partial charge in [0.25, 0.3) is 0 Å². The van der Waals surface area contributed by atoms with Crippen molar-refractivity contribution in [2.75, 3.05) is 0 Å². The number of fused-ring (bicyclic) bond motifs is 1. The summed E-state index contributed by atoms with van der Waals surface area (Å²) < 4.78 is 0. The van der Waals surface area contributed by atoms with Crippen molar-refractivity contribution in [3.63, 3.8) is 0 Å². The van der Waals surface area contributed by atoms with Crippen molar-refractivity contribution < 1.29 is 0 Å². The predicted octanol–water partition coefficient (Wildman–Crippen LogP) is 10.7. The lowest BCUT2D eigenvalue weighted by Gasteiger charge is -2.10. The Hall–Kier alpha value is -1.00. The molecular weight excluding hydrogens is 487 g/mol. The van der Waals surface area contributed by atoms with Crippen LogP contribution in [0.5, 0.6) is 0 Å². The number of hydrogen-bond donors (Lipinski definition) is 0. The van der Waals surface area contributed by atoms with Crippen LogP contribution in [0, 0.1) is 0 Å². The Bertz CT molecular complexity index is 774. The van der Waals surface area contributed by atoms with Gasteiger partial charge in [0, 0.05) is 0 Å². The summed E-state index contributed by atoms with van der Waals surface area (Å²) in [5.41, 5.74) is 3.41. The van der Waals surface area contributed by atoms with E-state index in [1.165, 1.54) is 116 Å². The fraction of sp³-hybridized carbons (Fsp3) is 0.800. The zero-order valence-corrected chi connectivity index (χ0v) is 24.6. The lowest BCUT2D eigenvalue weighted by molar-refractivity contribution is 0.555. The van der Waals surface area contributed by atoms with Crippen LogP contribution >= 0.6 is 23.2 Å². The van der Waals surface area contributed by atoms with Crippen LogP contribution in [0.2, 0.25) is 10.6 Å². The summed E-state index contributed by atoms with van der Waals surface area (Å²) in [6, 6.07) is 0. The maximum absolute atomic E-state index is 6.32. The number of halogens is 2. The maximum Gasteiger partial charge on any atom is 0.223 e. The van der Waals surface area contributed by atoms with E-state index >= 15 is 0 Å². The zero-order valence-electron chi connectivity index (χ0n) is 23.1. The van der Waals surface area contributed by atoms with E-state index in [4.69, 9.17) is 23.2 Å². The van der Waals surface area contributed by atoms with E-state index in [1.54, 1.807) is 0 Å². The molecule has 0 spiro atoms. The van der Waals surface area contributed by atoms with Crippen LogP contribution in [0.3, 0.4) is 0 Å². The van der Waals surface area contributed by atoms with Crippen LogP contribution in [0.1, 0.15) is 154 Å². The van der Waals surface area contributed by atoms with Gasteiger partial charge in [0.1, 0.15) is 11.0 Å². The molecule has 0 aliphatic carbocycles. The Morgan fingerprint density at radius 3 is 0.972 bits per heavy atom. The molecule has 0 aromatic carbocycles. The Kier molecular flexibility index (Phi) is 17.4. The third-order valence-electron chi connectivity index (χ3n) is 7.17. The molecule has 0 unspecified atom stereocenters. The van der Waals surface area contributed by atoms with Crippen LogP contribution in [0.25, 0.3) is 11.0 Å². The Morgan fingerprint density at radius 2 is 0.667 bits per heavy atom. The average molecular weight is 538 g/mol. The topological polar surface area (TPSA) is 51.6 Å². The van der Waals surface area contributed by atoms with Gasteiger partial charge < -0.3 is 0 Å². The second kappa shape index (κ2) is 20.0. The Balaban J connectivity index is 1.77. The maximum atomic E-state index is 6.32. The van der Waals surface area contributed by atoms with Gasteiger partial charge in [-0.15, -0.1) is 0 Å². The molecular formula is C30H50Cl2N4. The molecule has 0 bridgehead atoms. The van der Waals surface area contributed by atoms with Crippen molar-refractivity contribution in [3.05, 3.63) is 22.0 Å². The molecule has 6 heteroatoms. The summed E-state index contributed by atoms with van der Waals surface area (Å²) in [6.45, 7) is 4.54. The van der Waals surface area contributed by atoms with E-state index in [1.807, 2.05) is 0 Å². The average Bonchev–Trinajstić information content (AvgIpc) is 2.86. The molecule has 0 amide bonds. The van der Waals surface area contributed by atoms with Crippen LogP contribution < -0.4 is 0 Å². The van der Waals surface area contributed by atoms with Gasteiger partial charge in [-0.2, -0.15) is 0 Å². The van der Waals surface area contributed by atoms with Gasteiger partial charge in [-0.3, -0.25) is 0 Å². The van der Waals surface area contributed by atoms with Crippen LogP contribution in [-0.2, 0) is 12.8 Å². The van der Waals surface area contributed by atoms with E-state index in [-0.39, 0.29) is 0 Å². The normalized spacial score (nSPS) is 11.6. The molecule has 204 valence electrons. The lowest BCUT2D eigenvalue weighted by atomic mass is 10.0. The standard InChI is InChI=1S/C30H50Cl2N4/c1-3-5-7-9-11-13-15-17-19-21-23-25-27-28(36-29(31)33-25)26(34-30(32)35-27)24-22-20-18-16-14-12-10-8-6-4-2/h3-24H2,1-2H3. The predicted molar refractivity (Wildman–Crippen MR) is 156 cm³/mol. The van der Waals surface area contributed by atoms with Gasteiger partial charge in [-0.1, -0.05) is 129 Å². The molecule has 0 radical (unpaired) electrons. The number of aromatic nitrogens is 4. The Morgan fingerprint density at radius 1 is 0.389 bits per heavy atom. The molecule has 0 aliphatic rings. The lowest BCUT2D eigenvalue weighted by Crippen LogP contribution is -2.04. The smallest absolute Gasteiger partial charge is 0.221 e. The number of aryl methyl sites for hydroxylation is 2. The van der Waals surface area contributed by atoms with E-state index in [2.05, 4.69) is 33.8 Å². The largest absolute Gasteiger partial charge is 0.223 e. The molecule has 2 aromatic rings. The van der Waals surface area contributed by atoms with Gasteiger partial charge in [0.2, 0.25) is 10.6 Å². The number of unbranched alkanes of at least 4 members (excludes halogenated alkanes) is 18. The van der Waals surface area contributed by atoms with E-state index < -0.39 is 0 Å². The molecule has 0 atom stereocenters. The summed E-state index contributed by atoms with van der Waals surface area (Å²) in [6.07, 6.45) is 28.0. The number of hydrogen-bond acceptors (Lipinski definition) is 4. The highest BCUT2D eigenvalue weighted by atomic mass is 35.5. The summed E-state index contributed by atoms with van der Waals surface area (Å²) in [4.78, 5) is 18.1. The third kappa shape index (κ3) is 13.0. The Labute approximate surface area is 230 Å². The summed E-state index contributed by atoms with van der Waals surface area (Å²) >= 11 is 12.6. The van der Waals surface area contributed by atoms with Crippen molar-refractivity contribution in [2.45, 2.75) is 155 Å². The fourth-order valence-corrected chi connectivity index (χ4v) is 5.35. The zero-order chi connectivity index (χ0) is 25.8. The minimum absolute atomic E-state index is 0.292.